The summed E-state index contributed by atoms with van der Waals surface area (Å²) in [5.41, 5.74) is 1.45. The van der Waals surface area contributed by atoms with Crippen LogP contribution < -0.4 is 0 Å². The Morgan fingerprint density at radius 3 is 2.00 bits per heavy atom. The third-order valence-corrected chi connectivity index (χ3v) is 2.93. The molecule has 0 aromatic carbocycles. The van der Waals surface area contributed by atoms with Gasteiger partial charge in [0.15, 0.2) is 0 Å². The highest BCUT2D eigenvalue weighted by Crippen LogP contribution is 2.20. The number of unbranched alkanes of at least 4 members (excludes halogenated alkanes) is 5. The SMILES string of the molecule is C=C1CCCC1.CC.CCCCCCCC=NC. The summed E-state index contributed by atoms with van der Waals surface area (Å²) in [5.74, 6) is 0. The molecule has 1 fully saturated rings. The molecule has 108 valence electrons. The molecule has 18 heavy (non-hydrogen) atoms. The Morgan fingerprint density at radius 2 is 1.61 bits per heavy atom. The van der Waals surface area contributed by atoms with E-state index in [1.807, 2.05) is 27.1 Å². The van der Waals surface area contributed by atoms with Gasteiger partial charge in [-0.25, -0.2) is 0 Å². The van der Waals surface area contributed by atoms with Gasteiger partial charge in [0.1, 0.15) is 0 Å². The van der Waals surface area contributed by atoms with E-state index in [2.05, 4.69) is 18.5 Å². The summed E-state index contributed by atoms with van der Waals surface area (Å²) in [6, 6.07) is 0. The quantitative estimate of drug-likeness (QED) is 0.304. The molecule has 1 saturated carbocycles. The summed E-state index contributed by atoms with van der Waals surface area (Å²) in [4.78, 5) is 3.93. The maximum Gasteiger partial charge on any atom is 0.0273 e. The number of aliphatic imine (C=N–C) groups is 1. The molecule has 0 aromatic heterocycles. The van der Waals surface area contributed by atoms with Gasteiger partial charge in [-0.15, -0.1) is 0 Å². The average molecular weight is 253 g/mol. The summed E-state index contributed by atoms with van der Waals surface area (Å²) in [6.07, 6.45) is 15.3. The maximum absolute atomic E-state index is 3.93. The van der Waals surface area contributed by atoms with E-state index in [-0.39, 0.29) is 0 Å². The minimum Gasteiger partial charge on any atom is -0.301 e. The van der Waals surface area contributed by atoms with E-state index in [0.29, 0.717) is 0 Å². The molecule has 0 aliphatic heterocycles. The van der Waals surface area contributed by atoms with Crippen LogP contribution in [-0.4, -0.2) is 13.3 Å². The third-order valence-electron chi connectivity index (χ3n) is 2.93. The number of hydrogen-bond donors (Lipinski definition) is 0. The summed E-state index contributed by atoms with van der Waals surface area (Å²) < 4.78 is 0. The molecule has 0 amide bonds. The van der Waals surface area contributed by atoms with E-state index >= 15 is 0 Å². The second kappa shape index (κ2) is 18.8. The van der Waals surface area contributed by atoms with E-state index in [0.717, 1.165) is 0 Å². The highest BCUT2D eigenvalue weighted by atomic mass is 14.6. The van der Waals surface area contributed by atoms with Gasteiger partial charge in [0, 0.05) is 7.05 Å². The van der Waals surface area contributed by atoms with Crippen LogP contribution in [0.1, 0.15) is 85.0 Å². The van der Waals surface area contributed by atoms with Crippen molar-refractivity contribution in [2.45, 2.75) is 85.0 Å². The Kier molecular flexibility index (Phi) is 20.6. The van der Waals surface area contributed by atoms with Crippen molar-refractivity contribution >= 4 is 6.21 Å². The number of nitrogens with zero attached hydrogens (tertiary/aromatic N) is 1. The Labute approximate surface area is 116 Å². The summed E-state index contributed by atoms with van der Waals surface area (Å²) >= 11 is 0. The molecule has 0 N–H and O–H groups in total. The molecule has 0 unspecified atom stereocenters. The molecule has 0 atom stereocenters. The molecule has 0 saturated heterocycles. The fourth-order valence-electron chi connectivity index (χ4n) is 1.84. The highest BCUT2D eigenvalue weighted by Gasteiger charge is 2.01. The molecule has 1 aliphatic rings. The number of allylic oxidation sites excluding steroid dienone is 1. The maximum atomic E-state index is 3.93. The normalized spacial score (nSPS) is 13.9. The van der Waals surface area contributed by atoms with Crippen molar-refractivity contribution in [3.05, 3.63) is 12.2 Å². The molecule has 1 aliphatic carbocycles. The predicted octanol–water partition coefficient (Wildman–Crippen LogP) is 6.19. The Hall–Kier alpha value is -0.590. The smallest absolute Gasteiger partial charge is 0.0273 e. The first kappa shape index (κ1) is 19.7. The van der Waals surface area contributed by atoms with Crippen LogP contribution in [0.15, 0.2) is 17.1 Å². The van der Waals surface area contributed by atoms with Gasteiger partial charge in [0.2, 0.25) is 0 Å². The van der Waals surface area contributed by atoms with Crippen molar-refractivity contribution in [2.75, 3.05) is 7.05 Å². The van der Waals surface area contributed by atoms with Crippen LogP contribution in [0.2, 0.25) is 0 Å². The van der Waals surface area contributed by atoms with E-state index in [1.54, 1.807) is 0 Å². The molecule has 1 rings (SSSR count). The van der Waals surface area contributed by atoms with Crippen molar-refractivity contribution < 1.29 is 0 Å². The zero-order valence-electron chi connectivity index (χ0n) is 13.3. The van der Waals surface area contributed by atoms with Gasteiger partial charge in [-0.3, -0.25) is 0 Å². The molecule has 0 bridgehead atoms. The standard InChI is InChI=1S/C9H19N.C6H10.C2H6/c1-3-4-5-6-7-8-9-10-2;1-6-4-2-3-5-6;1-2/h9H,3-8H2,1-2H3;1-5H2;1-2H3. The van der Waals surface area contributed by atoms with E-state index in [9.17, 15) is 0 Å². The summed E-state index contributed by atoms with van der Waals surface area (Å²) in [6.45, 7) is 10.1. The summed E-state index contributed by atoms with van der Waals surface area (Å²) in [5, 5.41) is 0. The minimum absolute atomic E-state index is 1.17. The molecular weight excluding hydrogens is 218 g/mol. The van der Waals surface area contributed by atoms with Gasteiger partial charge in [0.05, 0.1) is 0 Å². The van der Waals surface area contributed by atoms with E-state index < -0.39 is 0 Å². The Bertz CT molecular complexity index is 174. The molecular formula is C17H35N. The van der Waals surface area contributed by atoms with Gasteiger partial charge in [-0.05, 0) is 44.7 Å². The Balaban J connectivity index is 0. The predicted molar refractivity (Wildman–Crippen MR) is 86.7 cm³/mol. The van der Waals surface area contributed by atoms with Gasteiger partial charge >= 0.3 is 0 Å². The largest absolute Gasteiger partial charge is 0.301 e. The first-order valence-corrected chi connectivity index (χ1v) is 7.88. The van der Waals surface area contributed by atoms with E-state index in [1.165, 1.54) is 69.8 Å². The highest BCUT2D eigenvalue weighted by molar-refractivity contribution is 5.56. The third kappa shape index (κ3) is 17.8. The topological polar surface area (TPSA) is 12.4 Å². The second-order valence-electron chi connectivity index (χ2n) is 4.60. The van der Waals surface area contributed by atoms with Crippen molar-refractivity contribution in [2.24, 2.45) is 4.99 Å². The Morgan fingerprint density at radius 1 is 1.06 bits per heavy atom. The van der Waals surface area contributed by atoms with Gasteiger partial charge in [0.25, 0.3) is 0 Å². The average Bonchev–Trinajstić information content (AvgIpc) is 2.88. The summed E-state index contributed by atoms with van der Waals surface area (Å²) in [7, 11) is 1.84. The van der Waals surface area contributed by atoms with Crippen LogP contribution in [0, 0.1) is 0 Å². The first-order valence-electron chi connectivity index (χ1n) is 7.88. The molecule has 0 radical (unpaired) electrons. The lowest BCUT2D eigenvalue weighted by molar-refractivity contribution is 0.645. The monoisotopic (exact) mass is 253 g/mol. The van der Waals surface area contributed by atoms with Gasteiger partial charge in [-0.1, -0.05) is 58.6 Å². The van der Waals surface area contributed by atoms with Crippen LogP contribution in [-0.2, 0) is 0 Å². The molecule has 0 aromatic rings. The van der Waals surface area contributed by atoms with Crippen LogP contribution >= 0.6 is 0 Å². The zero-order valence-corrected chi connectivity index (χ0v) is 13.3. The lowest BCUT2D eigenvalue weighted by Gasteiger charge is -1.94. The van der Waals surface area contributed by atoms with Gasteiger partial charge < -0.3 is 4.99 Å². The van der Waals surface area contributed by atoms with Crippen LogP contribution in [0.4, 0.5) is 0 Å². The van der Waals surface area contributed by atoms with Crippen LogP contribution in [0.5, 0.6) is 0 Å². The fourth-order valence-corrected chi connectivity index (χ4v) is 1.84. The van der Waals surface area contributed by atoms with Crippen molar-refractivity contribution in [3.63, 3.8) is 0 Å². The number of hydrogen-bond acceptors (Lipinski definition) is 1. The van der Waals surface area contributed by atoms with Crippen molar-refractivity contribution in [1.29, 1.82) is 0 Å². The lowest BCUT2D eigenvalue weighted by atomic mass is 10.1. The fraction of sp³-hybridized carbons (Fsp3) is 0.824. The first-order chi connectivity index (χ1) is 8.81. The molecule has 0 heterocycles. The molecule has 1 heteroatoms. The number of rotatable bonds is 6. The minimum atomic E-state index is 1.17. The molecule has 1 nitrogen and oxygen atoms in total. The molecule has 0 spiro atoms. The van der Waals surface area contributed by atoms with Crippen LogP contribution in [0.3, 0.4) is 0 Å². The van der Waals surface area contributed by atoms with Gasteiger partial charge in [-0.2, -0.15) is 0 Å². The van der Waals surface area contributed by atoms with Crippen molar-refractivity contribution in [1.82, 2.24) is 0 Å². The van der Waals surface area contributed by atoms with Crippen LogP contribution in [0.25, 0.3) is 0 Å². The van der Waals surface area contributed by atoms with E-state index in [4.69, 9.17) is 0 Å². The lowest BCUT2D eigenvalue weighted by Crippen LogP contribution is -1.78. The zero-order chi connectivity index (χ0) is 14.1. The second-order valence-corrected chi connectivity index (χ2v) is 4.60. The van der Waals surface area contributed by atoms with Crippen molar-refractivity contribution in [3.8, 4) is 0 Å².